The zero-order valence-electron chi connectivity index (χ0n) is 31.5. The molecule has 0 N–H and O–H groups in total. The molecule has 0 radical (unpaired) electrons. The number of benzene rings is 8. The molecule has 58 heavy (non-hydrogen) atoms. The second kappa shape index (κ2) is 13.0. The SMILES string of the molecule is C1=Cc2c(-n3c4ccccc4c4cc5c6c7ccccc7ccc6n(-c6ccccc6)c5cc43)ccc(-c3nc(-c4ccccc4)nc(-c4ccccc4)n3)c2CC1. The summed E-state index contributed by atoms with van der Waals surface area (Å²) < 4.78 is 4.91. The van der Waals surface area contributed by atoms with Crippen molar-refractivity contribution in [3.8, 4) is 45.5 Å². The van der Waals surface area contributed by atoms with Crippen molar-refractivity contribution in [3.63, 3.8) is 0 Å². The monoisotopic (exact) mass is 741 g/mol. The minimum Gasteiger partial charge on any atom is -0.309 e. The molecule has 11 aromatic rings. The van der Waals surface area contributed by atoms with E-state index in [-0.39, 0.29) is 0 Å². The maximum Gasteiger partial charge on any atom is 0.164 e. The molecule has 3 aromatic heterocycles. The van der Waals surface area contributed by atoms with Gasteiger partial charge in [0.05, 0.1) is 27.8 Å². The molecule has 5 heteroatoms. The third-order valence-corrected chi connectivity index (χ3v) is 11.8. The average Bonchev–Trinajstić information content (AvgIpc) is 3.80. The van der Waals surface area contributed by atoms with Crippen LogP contribution >= 0.6 is 0 Å². The molecule has 3 heterocycles. The molecule has 5 nitrogen and oxygen atoms in total. The Morgan fingerprint density at radius 1 is 0.431 bits per heavy atom. The van der Waals surface area contributed by atoms with E-state index in [1.54, 1.807) is 0 Å². The Kier molecular flexibility index (Phi) is 7.29. The molecule has 0 saturated heterocycles. The highest BCUT2D eigenvalue weighted by molar-refractivity contribution is 6.25. The Hall–Kier alpha value is -7.63. The quantitative estimate of drug-likeness (QED) is 0.176. The van der Waals surface area contributed by atoms with Gasteiger partial charge in [0.25, 0.3) is 0 Å². The van der Waals surface area contributed by atoms with Gasteiger partial charge in [-0.1, -0.05) is 140 Å². The Morgan fingerprint density at radius 3 is 1.83 bits per heavy atom. The summed E-state index contributed by atoms with van der Waals surface area (Å²) in [7, 11) is 0. The number of allylic oxidation sites excluding steroid dienone is 1. The van der Waals surface area contributed by atoms with Crippen LogP contribution in [-0.2, 0) is 6.42 Å². The van der Waals surface area contributed by atoms with Gasteiger partial charge in [0.15, 0.2) is 17.5 Å². The van der Waals surface area contributed by atoms with E-state index in [0.717, 1.165) is 40.9 Å². The molecule has 0 saturated carbocycles. The molecule has 8 aromatic carbocycles. The van der Waals surface area contributed by atoms with E-state index < -0.39 is 0 Å². The van der Waals surface area contributed by atoms with Crippen molar-refractivity contribution < 1.29 is 0 Å². The molecular formula is C53H35N5. The Morgan fingerprint density at radius 2 is 1.07 bits per heavy atom. The van der Waals surface area contributed by atoms with E-state index >= 15 is 0 Å². The Labute approximate surface area is 334 Å². The molecule has 1 aliphatic carbocycles. The van der Waals surface area contributed by atoms with Crippen molar-refractivity contribution in [3.05, 3.63) is 193 Å². The number of aromatic nitrogens is 5. The highest BCUT2D eigenvalue weighted by atomic mass is 15.0. The minimum atomic E-state index is 0.668. The van der Waals surface area contributed by atoms with Crippen molar-refractivity contribution in [2.75, 3.05) is 0 Å². The summed E-state index contributed by atoms with van der Waals surface area (Å²) >= 11 is 0. The zero-order chi connectivity index (χ0) is 38.2. The molecule has 12 rings (SSSR count). The van der Waals surface area contributed by atoms with Crippen LogP contribution in [0.4, 0.5) is 0 Å². The summed E-state index contributed by atoms with van der Waals surface area (Å²) in [6.07, 6.45) is 6.45. The van der Waals surface area contributed by atoms with Crippen molar-refractivity contribution in [2.45, 2.75) is 12.8 Å². The van der Waals surface area contributed by atoms with Crippen molar-refractivity contribution in [2.24, 2.45) is 0 Å². The van der Waals surface area contributed by atoms with Gasteiger partial charge in [0.2, 0.25) is 0 Å². The van der Waals surface area contributed by atoms with E-state index in [0.29, 0.717) is 17.5 Å². The second-order valence-corrected chi connectivity index (χ2v) is 15.1. The van der Waals surface area contributed by atoms with Gasteiger partial charge >= 0.3 is 0 Å². The number of para-hydroxylation sites is 2. The van der Waals surface area contributed by atoms with Crippen LogP contribution in [0.5, 0.6) is 0 Å². The van der Waals surface area contributed by atoms with Crippen LogP contribution < -0.4 is 0 Å². The van der Waals surface area contributed by atoms with Crippen LogP contribution in [0.15, 0.2) is 182 Å². The standard InChI is InChI=1S/C53H35N5/c1-4-17-35(18-5-1)51-54-52(36-19-6-2-7-20-36)56-53(55-51)42-29-31-46(40-25-13-12-24-39(40)42)58-45-27-15-14-26-41(45)43-32-44-49(33-48(43)58)57(37-21-8-3-9-22-37)47-30-28-34-16-10-11-23-38(34)50(44)47/h1-11,13-23,25-33H,12,24H2. The van der Waals surface area contributed by atoms with Gasteiger partial charge in [-0.2, -0.15) is 0 Å². The molecule has 272 valence electrons. The topological polar surface area (TPSA) is 48.5 Å². The van der Waals surface area contributed by atoms with Crippen LogP contribution in [-0.4, -0.2) is 24.1 Å². The van der Waals surface area contributed by atoms with E-state index in [9.17, 15) is 0 Å². The predicted molar refractivity (Wildman–Crippen MR) is 240 cm³/mol. The molecular weight excluding hydrogens is 707 g/mol. The van der Waals surface area contributed by atoms with Crippen LogP contribution in [0.2, 0.25) is 0 Å². The summed E-state index contributed by atoms with van der Waals surface area (Å²) in [6, 6.07) is 62.7. The number of hydrogen-bond acceptors (Lipinski definition) is 3. The Balaban J connectivity index is 1.14. The van der Waals surface area contributed by atoms with E-state index in [1.807, 2.05) is 36.4 Å². The number of hydrogen-bond donors (Lipinski definition) is 0. The maximum atomic E-state index is 5.16. The van der Waals surface area contributed by atoms with Gasteiger partial charge in [-0.25, -0.2) is 15.0 Å². The molecule has 0 unspecified atom stereocenters. The molecule has 0 spiro atoms. The highest BCUT2D eigenvalue weighted by Gasteiger charge is 2.24. The lowest BCUT2D eigenvalue weighted by Crippen LogP contribution is -2.07. The average molecular weight is 742 g/mol. The fraction of sp³-hybridized carbons (Fsp3) is 0.0377. The third kappa shape index (κ3) is 5.00. The van der Waals surface area contributed by atoms with Crippen molar-refractivity contribution >= 4 is 60.5 Å². The van der Waals surface area contributed by atoms with Crippen LogP contribution in [0.3, 0.4) is 0 Å². The summed E-state index contributed by atoms with van der Waals surface area (Å²) in [5.74, 6) is 2.03. The molecule has 0 amide bonds. The molecule has 0 bridgehead atoms. The van der Waals surface area contributed by atoms with Crippen LogP contribution in [0, 0.1) is 0 Å². The number of fused-ring (bicyclic) bond motifs is 9. The predicted octanol–water partition coefficient (Wildman–Crippen LogP) is 13.2. The largest absolute Gasteiger partial charge is 0.309 e. The van der Waals surface area contributed by atoms with Crippen molar-refractivity contribution in [1.82, 2.24) is 24.1 Å². The van der Waals surface area contributed by atoms with Gasteiger partial charge < -0.3 is 9.13 Å². The molecule has 0 fully saturated rings. The van der Waals surface area contributed by atoms with Gasteiger partial charge in [0.1, 0.15) is 0 Å². The van der Waals surface area contributed by atoms with E-state index in [4.69, 9.17) is 15.0 Å². The van der Waals surface area contributed by atoms with Crippen LogP contribution in [0.1, 0.15) is 17.5 Å². The normalized spacial score (nSPS) is 12.6. The molecule has 0 aliphatic heterocycles. The smallest absolute Gasteiger partial charge is 0.164 e. The first-order valence-electron chi connectivity index (χ1n) is 19.9. The summed E-state index contributed by atoms with van der Waals surface area (Å²) in [5, 5.41) is 7.51. The van der Waals surface area contributed by atoms with E-state index in [2.05, 4.69) is 161 Å². The van der Waals surface area contributed by atoms with E-state index in [1.165, 1.54) is 65.5 Å². The van der Waals surface area contributed by atoms with Gasteiger partial charge in [-0.15, -0.1) is 0 Å². The van der Waals surface area contributed by atoms with Gasteiger partial charge in [-0.05, 0) is 77.7 Å². The lowest BCUT2D eigenvalue weighted by atomic mass is 9.90. The molecule has 0 atom stereocenters. The summed E-state index contributed by atoms with van der Waals surface area (Å²) in [6.45, 7) is 0. The second-order valence-electron chi connectivity index (χ2n) is 15.1. The third-order valence-electron chi connectivity index (χ3n) is 11.8. The summed E-state index contributed by atoms with van der Waals surface area (Å²) in [5.41, 5.74) is 12.4. The molecule has 1 aliphatic rings. The number of nitrogens with zero attached hydrogens (tertiary/aromatic N) is 5. The van der Waals surface area contributed by atoms with Crippen LogP contribution in [0.25, 0.3) is 106 Å². The first-order valence-corrected chi connectivity index (χ1v) is 19.9. The first kappa shape index (κ1) is 32.6. The maximum absolute atomic E-state index is 5.16. The van der Waals surface area contributed by atoms with Crippen molar-refractivity contribution in [1.29, 1.82) is 0 Å². The fourth-order valence-corrected chi connectivity index (χ4v) is 9.23. The van der Waals surface area contributed by atoms with Gasteiger partial charge in [0, 0.05) is 49.5 Å². The summed E-state index contributed by atoms with van der Waals surface area (Å²) in [4.78, 5) is 15.3. The lowest BCUT2D eigenvalue weighted by Gasteiger charge is -2.21. The fourth-order valence-electron chi connectivity index (χ4n) is 9.23. The van der Waals surface area contributed by atoms with Gasteiger partial charge in [-0.3, -0.25) is 0 Å². The lowest BCUT2D eigenvalue weighted by molar-refractivity contribution is 0.970. The highest BCUT2D eigenvalue weighted by Crippen LogP contribution is 2.43. The number of rotatable bonds is 5. The first-order chi connectivity index (χ1) is 28.8. The zero-order valence-corrected chi connectivity index (χ0v) is 31.5. The Bertz CT molecular complexity index is 3370. The minimum absolute atomic E-state index is 0.668.